The fourth-order valence-corrected chi connectivity index (χ4v) is 3.44. The molecule has 3 aromatic rings. The Bertz CT molecular complexity index is 658. The van der Waals surface area contributed by atoms with Crippen LogP contribution in [0.25, 0.3) is 10.6 Å². The van der Waals surface area contributed by atoms with E-state index in [0.717, 1.165) is 27.1 Å². The average molecular weight is 287 g/mol. The summed E-state index contributed by atoms with van der Waals surface area (Å²) >= 11 is 3.32. The van der Waals surface area contributed by atoms with Crippen molar-refractivity contribution in [2.24, 2.45) is 0 Å². The maximum Gasteiger partial charge on any atom is 0.182 e. The SMILES string of the molecule is CNc1nc(-c2cnc(Cc3ccccc3)s2)cs1. The normalized spacial score (nSPS) is 10.6. The van der Waals surface area contributed by atoms with Crippen molar-refractivity contribution in [3.05, 3.63) is 52.5 Å². The van der Waals surface area contributed by atoms with Crippen molar-refractivity contribution in [2.45, 2.75) is 6.42 Å². The van der Waals surface area contributed by atoms with Crippen molar-refractivity contribution >= 4 is 27.8 Å². The third-order valence-electron chi connectivity index (χ3n) is 2.72. The van der Waals surface area contributed by atoms with E-state index in [1.165, 1.54) is 5.56 Å². The molecule has 19 heavy (non-hydrogen) atoms. The number of nitrogens with zero attached hydrogens (tertiary/aromatic N) is 2. The fraction of sp³-hybridized carbons (Fsp3) is 0.143. The molecule has 5 heteroatoms. The standard InChI is InChI=1S/C14H13N3S2/c1-15-14-17-11(9-18-14)12-8-16-13(19-12)7-10-5-3-2-4-6-10/h2-6,8-9H,7H2,1H3,(H,15,17). The maximum absolute atomic E-state index is 4.50. The second-order valence-corrected chi connectivity index (χ2v) is 6.04. The van der Waals surface area contributed by atoms with Crippen LogP contribution in [0.1, 0.15) is 10.6 Å². The number of thiazole rings is 2. The van der Waals surface area contributed by atoms with Crippen LogP contribution in [0.15, 0.2) is 41.9 Å². The fourth-order valence-electron chi connectivity index (χ4n) is 1.78. The van der Waals surface area contributed by atoms with Gasteiger partial charge in [0.2, 0.25) is 0 Å². The molecule has 96 valence electrons. The van der Waals surface area contributed by atoms with Crippen LogP contribution in [0.3, 0.4) is 0 Å². The summed E-state index contributed by atoms with van der Waals surface area (Å²) in [5.74, 6) is 0. The molecule has 3 nitrogen and oxygen atoms in total. The summed E-state index contributed by atoms with van der Waals surface area (Å²) < 4.78 is 0. The van der Waals surface area contributed by atoms with Crippen LogP contribution in [0.2, 0.25) is 0 Å². The van der Waals surface area contributed by atoms with Gasteiger partial charge in [0.25, 0.3) is 0 Å². The van der Waals surface area contributed by atoms with Crippen LogP contribution >= 0.6 is 22.7 Å². The van der Waals surface area contributed by atoms with Crippen molar-refractivity contribution in [1.82, 2.24) is 9.97 Å². The van der Waals surface area contributed by atoms with Gasteiger partial charge in [-0.25, -0.2) is 9.97 Å². The Morgan fingerprint density at radius 2 is 2.05 bits per heavy atom. The predicted molar refractivity (Wildman–Crippen MR) is 82.0 cm³/mol. The molecule has 0 unspecified atom stereocenters. The summed E-state index contributed by atoms with van der Waals surface area (Å²) in [6, 6.07) is 10.4. The third kappa shape index (κ3) is 2.83. The van der Waals surface area contributed by atoms with Crippen LogP contribution in [0.4, 0.5) is 5.13 Å². The smallest absolute Gasteiger partial charge is 0.182 e. The van der Waals surface area contributed by atoms with Gasteiger partial charge < -0.3 is 5.32 Å². The number of rotatable bonds is 4. The van der Waals surface area contributed by atoms with Crippen LogP contribution < -0.4 is 5.32 Å². The molecule has 0 radical (unpaired) electrons. The Hall–Kier alpha value is -1.72. The molecule has 0 atom stereocenters. The van der Waals surface area contributed by atoms with Gasteiger partial charge in [0.15, 0.2) is 5.13 Å². The molecule has 2 aromatic heterocycles. The van der Waals surface area contributed by atoms with Gasteiger partial charge in [-0.15, -0.1) is 22.7 Å². The Kier molecular flexibility index (Phi) is 3.57. The minimum absolute atomic E-state index is 0.883. The van der Waals surface area contributed by atoms with Crippen LogP contribution in [-0.2, 0) is 6.42 Å². The molecule has 0 fully saturated rings. The molecule has 0 aliphatic rings. The molecule has 0 aliphatic carbocycles. The van der Waals surface area contributed by atoms with Crippen LogP contribution in [0, 0.1) is 0 Å². The van der Waals surface area contributed by atoms with E-state index in [-0.39, 0.29) is 0 Å². The van der Waals surface area contributed by atoms with Crippen molar-refractivity contribution in [2.75, 3.05) is 12.4 Å². The van der Waals surface area contributed by atoms with Gasteiger partial charge >= 0.3 is 0 Å². The Morgan fingerprint density at radius 3 is 2.79 bits per heavy atom. The first-order chi connectivity index (χ1) is 9.35. The summed E-state index contributed by atoms with van der Waals surface area (Å²) in [5, 5.41) is 7.18. The molecule has 1 N–H and O–H groups in total. The zero-order valence-corrected chi connectivity index (χ0v) is 12.1. The van der Waals surface area contributed by atoms with E-state index in [1.807, 2.05) is 19.3 Å². The second kappa shape index (κ2) is 5.50. The van der Waals surface area contributed by atoms with E-state index in [1.54, 1.807) is 22.7 Å². The molecular weight excluding hydrogens is 274 g/mol. The quantitative estimate of drug-likeness (QED) is 0.791. The van der Waals surface area contributed by atoms with E-state index in [4.69, 9.17) is 0 Å². The van der Waals surface area contributed by atoms with Crippen molar-refractivity contribution < 1.29 is 0 Å². The molecular formula is C14H13N3S2. The zero-order chi connectivity index (χ0) is 13.1. The van der Waals surface area contributed by atoms with Gasteiger partial charge in [-0.3, -0.25) is 0 Å². The lowest BCUT2D eigenvalue weighted by Crippen LogP contribution is -1.85. The Morgan fingerprint density at radius 1 is 1.21 bits per heavy atom. The van der Waals surface area contributed by atoms with Crippen LogP contribution in [-0.4, -0.2) is 17.0 Å². The lowest BCUT2D eigenvalue weighted by atomic mass is 10.2. The predicted octanol–water partition coefficient (Wildman–Crippen LogP) is 3.90. The number of nitrogens with one attached hydrogen (secondary N) is 1. The topological polar surface area (TPSA) is 37.8 Å². The van der Waals surface area contributed by atoms with Gasteiger partial charge in [-0.05, 0) is 5.56 Å². The van der Waals surface area contributed by atoms with Gasteiger partial charge in [-0.2, -0.15) is 0 Å². The molecule has 0 amide bonds. The lowest BCUT2D eigenvalue weighted by Gasteiger charge is -1.95. The highest BCUT2D eigenvalue weighted by Gasteiger charge is 2.08. The minimum atomic E-state index is 0.883. The minimum Gasteiger partial charge on any atom is -0.365 e. The van der Waals surface area contributed by atoms with E-state index in [9.17, 15) is 0 Å². The first-order valence-electron chi connectivity index (χ1n) is 5.97. The number of hydrogen-bond acceptors (Lipinski definition) is 5. The molecule has 0 saturated heterocycles. The maximum atomic E-state index is 4.50. The summed E-state index contributed by atoms with van der Waals surface area (Å²) in [4.78, 5) is 10.1. The molecule has 0 bridgehead atoms. The largest absolute Gasteiger partial charge is 0.365 e. The molecule has 3 rings (SSSR count). The van der Waals surface area contributed by atoms with Gasteiger partial charge in [0.1, 0.15) is 0 Å². The molecule has 0 saturated carbocycles. The lowest BCUT2D eigenvalue weighted by molar-refractivity contribution is 1.14. The van der Waals surface area contributed by atoms with E-state index < -0.39 is 0 Å². The highest BCUT2D eigenvalue weighted by molar-refractivity contribution is 7.16. The van der Waals surface area contributed by atoms with Gasteiger partial charge in [0, 0.05) is 25.0 Å². The van der Waals surface area contributed by atoms with Crippen molar-refractivity contribution in [3.8, 4) is 10.6 Å². The first-order valence-corrected chi connectivity index (χ1v) is 7.67. The number of aromatic nitrogens is 2. The van der Waals surface area contributed by atoms with Crippen LogP contribution in [0.5, 0.6) is 0 Å². The highest BCUT2D eigenvalue weighted by atomic mass is 32.1. The first kappa shape index (κ1) is 12.3. The molecule has 2 heterocycles. The summed E-state index contributed by atoms with van der Waals surface area (Å²) in [6.07, 6.45) is 2.80. The molecule has 0 spiro atoms. The summed E-state index contributed by atoms with van der Waals surface area (Å²) in [7, 11) is 1.89. The van der Waals surface area contributed by atoms with Crippen molar-refractivity contribution in [1.29, 1.82) is 0 Å². The molecule has 0 aliphatic heterocycles. The van der Waals surface area contributed by atoms with E-state index >= 15 is 0 Å². The monoisotopic (exact) mass is 287 g/mol. The Labute approximate surface area is 120 Å². The van der Waals surface area contributed by atoms with E-state index in [2.05, 4.69) is 44.9 Å². The third-order valence-corrected chi connectivity index (χ3v) is 4.60. The summed E-state index contributed by atoms with van der Waals surface area (Å²) in [5.41, 5.74) is 2.30. The Balaban J connectivity index is 1.79. The number of benzene rings is 1. The number of anilines is 1. The number of hydrogen-bond donors (Lipinski definition) is 1. The zero-order valence-electron chi connectivity index (χ0n) is 10.5. The van der Waals surface area contributed by atoms with Gasteiger partial charge in [-0.1, -0.05) is 30.3 Å². The van der Waals surface area contributed by atoms with E-state index in [0.29, 0.717) is 0 Å². The van der Waals surface area contributed by atoms with Gasteiger partial charge in [0.05, 0.1) is 15.6 Å². The second-order valence-electron chi connectivity index (χ2n) is 4.07. The van der Waals surface area contributed by atoms with Crippen molar-refractivity contribution in [3.63, 3.8) is 0 Å². The highest BCUT2D eigenvalue weighted by Crippen LogP contribution is 2.29. The average Bonchev–Trinajstić information content (AvgIpc) is 3.08. The summed E-state index contributed by atoms with van der Waals surface area (Å²) in [6.45, 7) is 0. The molecule has 1 aromatic carbocycles.